The third-order valence-corrected chi connectivity index (χ3v) is 6.63. The van der Waals surface area contributed by atoms with Crippen LogP contribution < -0.4 is 20.3 Å². The maximum Gasteiger partial charge on any atom is 0.325 e. The van der Waals surface area contributed by atoms with E-state index >= 15 is 0 Å². The highest BCUT2D eigenvalue weighted by Gasteiger charge is 2.60. The fraction of sp³-hybridized carbons (Fsp3) is 0.231. The number of para-hydroxylation sites is 1. The summed E-state index contributed by atoms with van der Waals surface area (Å²) < 4.78 is 6.45. The smallest absolute Gasteiger partial charge is 0.325 e. The molecule has 2 bridgehead atoms. The van der Waals surface area contributed by atoms with Gasteiger partial charge in [0.25, 0.3) is 0 Å². The van der Waals surface area contributed by atoms with Crippen molar-refractivity contribution in [3.8, 4) is 5.75 Å². The number of anilines is 2. The molecule has 2 aliphatic heterocycles. The van der Waals surface area contributed by atoms with E-state index in [0.29, 0.717) is 16.5 Å². The molecule has 0 unspecified atom stereocenters. The number of fused-ring (bicyclic) bond motifs is 4. The fourth-order valence-corrected chi connectivity index (χ4v) is 5.08. The molecular formula is C26H24ClN3O3. The first kappa shape index (κ1) is 21.3. The van der Waals surface area contributed by atoms with Crippen LogP contribution in [0.2, 0.25) is 5.02 Å². The average molecular weight is 462 g/mol. The zero-order valence-corrected chi connectivity index (χ0v) is 19.3. The van der Waals surface area contributed by atoms with E-state index in [4.69, 9.17) is 16.3 Å². The zero-order chi connectivity index (χ0) is 23.3. The van der Waals surface area contributed by atoms with Crippen LogP contribution in [0.1, 0.15) is 29.7 Å². The molecule has 168 valence electrons. The van der Waals surface area contributed by atoms with E-state index in [1.54, 1.807) is 31.2 Å². The quantitative estimate of drug-likeness (QED) is 0.534. The Hall–Kier alpha value is -3.51. The Kier molecular flexibility index (Phi) is 5.05. The van der Waals surface area contributed by atoms with Crippen LogP contribution in [0.15, 0.2) is 66.7 Å². The predicted octanol–water partition coefficient (Wildman–Crippen LogP) is 5.59. The lowest BCUT2D eigenvalue weighted by Crippen LogP contribution is -2.72. The normalized spacial score (nSPS) is 23.3. The summed E-state index contributed by atoms with van der Waals surface area (Å²) in [4.78, 5) is 28.6. The van der Waals surface area contributed by atoms with Gasteiger partial charge in [-0.3, -0.25) is 9.69 Å². The second-order valence-electron chi connectivity index (χ2n) is 8.72. The topological polar surface area (TPSA) is 70.7 Å². The van der Waals surface area contributed by atoms with Gasteiger partial charge in [0.1, 0.15) is 11.7 Å². The minimum absolute atomic E-state index is 0.240. The van der Waals surface area contributed by atoms with Crippen LogP contribution in [-0.4, -0.2) is 17.7 Å². The number of nitrogens with one attached hydrogen (secondary N) is 2. The van der Waals surface area contributed by atoms with E-state index in [0.717, 1.165) is 22.4 Å². The lowest BCUT2D eigenvalue weighted by molar-refractivity contribution is -0.131. The van der Waals surface area contributed by atoms with Crippen LogP contribution in [0.4, 0.5) is 16.2 Å². The molecule has 3 aromatic rings. The van der Waals surface area contributed by atoms with Gasteiger partial charge in [0.15, 0.2) is 0 Å². The number of ether oxygens (including phenoxy) is 1. The summed E-state index contributed by atoms with van der Waals surface area (Å²) in [5.41, 5.74) is 2.84. The summed E-state index contributed by atoms with van der Waals surface area (Å²) in [5, 5.41) is 6.59. The Labute approximate surface area is 197 Å². The lowest BCUT2D eigenvalue weighted by atomic mass is 9.78. The highest BCUT2D eigenvalue weighted by atomic mass is 35.5. The molecule has 0 aromatic heterocycles. The van der Waals surface area contributed by atoms with Gasteiger partial charge in [0, 0.05) is 16.3 Å². The maximum atomic E-state index is 13.8. The highest BCUT2D eigenvalue weighted by Crippen LogP contribution is 2.49. The minimum atomic E-state index is -1.28. The number of carbonyl (C=O) groups is 2. The van der Waals surface area contributed by atoms with Gasteiger partial charge in [-0.15, -0.1) is 0 Å². The second kappa shape index (κ2) is 7.81. The van der Waals surface area contributed by atoms with Crippen LogP contribution in [-0.2, 0) is 4.79 Å². The van der Waals surface area contributed by atoms with E-state index in [9.17, 15) is 9.59 Å². The molecule has 1 fully saturated rings. The van der Waals surface area contributed by atoms with Crippen molar-refractivity contribution in [1.29, 1.82) is 0 Å². The number of rotatable bonds is 3. The number of hydrogen-bond donors (Lipinski definition) is 2. The van der Waals surface area contributed by atoms with Gasteiger partial charge in [-0.05, 0) is 56.7 Å². The Morgan fingerprint density at radius 1 is 1.09 bits per heavy atom. The number of aryl methyl sites for hydroxylation is 2. The molecule has 2 heterocycles. The van der Waals surface area contributed by atoms with Gasteiger partial charge in [-0.1, -0.05) is 53.6 Å². The zero-order valence-electron chi connectivity index (χ0n) is 18.6. The third kappa shape index (κ3) is 3.51. The largest absolute Gasteiger partial charge is 0.466 e. The average Bonchev–Trinajstić information content (AvgIpc) is 2.75. The first-order valence-corrected chi connectivity index (χ1v) is 11.2. The first-order chi connectivity index (χ1) is 15.8. The molecule has 3 aromatic carbocycles. The van der Waals surface area contributed by atoms with Crippen molar-refractivity contribution in [2.75, 3.05) is 10.2 Å². The monoisotopic (exact) mass is 461 g/mol. The standard InChI is InChI=1S/C26H24ClN3O3/c1-15-11-12-20(16(2)13-15)28-24(31)22-23-19-9-4-5-10-21(19)33-26(22,3)30(25(32)29-23)18-8-6-7-17(27)14-18/h4-14,22-23H,1-3H3,(H,28,31)(H,29,32)/t22-,23-,26+/m1/s1. The number of urea groups is 1. The first-order valence-electron chi connectivity index (χ1n) is 10.8. The number of benzene rings is 3. The maximum absolute atomic E-state index is 13.8. The van der Waals surface area contributed by atoms with Crippen LogP contribution in [0.25, 0.3) is 0 Å². The summed E-state index contributed by atoms with van der Waals surface area (Å²) in [6.45, 7) is 5.74. The Morgan fingerprint density at radius 3 is 2.64 bits per heavy atom. The molecule has 7 heteroatoms. The fourth-order valence-electron chi connectivity index (χ4n) is 4.90. The summed E-state index contributed by atoms with van der Waals surface area (Å²) in [7, 11) is 0. The Bertz CT molecular complexity index is 1280. The van der Waals surface area contributed by atoms with E-state index in [-0.39, 0.29) is 11.9 Å². The number of amides is 3. The number of halogens is 1. The predicted molar refractivity (Wildman–Crippen MR) is 129 cm³/mol. The summed E-state index contributed by atoms with van der Waals surface area (Å²) in [6.07, 6.45) is 0. The van der Waals surface area contributed by atoms with E-state index < -0.39 is 17.7 Å². The molecule has 2 aliphatic rings. The Morgan fingerprint density at radius 2 is 1.88 bits per heavy atom. The van der Waals surface area contributed by atoms with Crippen molar-refractivity contribution in [3.63, 3.8) is 0 Å². The molecule has 6 nitrogen and oxygen atoms in total. The van der Waals surface area contributed by atoms with Crippen molar-refractivity contribution in [2.24, 2.45) is 5.92 Å². The van der Waals surface area contributed by atoms with Crippen molar-refractivity contribution in [3.05, 3.63) is 88.4 Å². The van der Waals surface area contributed by atoms with Crippen LogP contribution >= 0.6 is 11.6 Å². The van der Waals surface area contributed by atoms with Gasteiger partial charge in [0.2, 0.25) is 11.6 Å². The number of carbonyl (C=O) groups excluding carboxylic acids is 2. The molecule has 3 amide bonds. The summed E-state index contributed by atoms with van der Waals surface area (Å²) in [5.74, 6) is -0.339. The van der Waals surface area contributed by atoms with Crippen molar-refractivity contribution >= 4 is 34.9 Å². The van der Waals surface area contributed by atoms with Crippen molar-refractivity contribution in [1.82, 2.24) is 5.32 Å². The molecule has 1 saturated heterocycles. The third-order valence-electron chi connectivity index (χ3n) is 6.40. The molecule has 0 spiro atoms. The lowest BCUT2D eigenvalue weighted by Gasteiger charge is -2.54. The van der Waals surface area contributed by atoms with Gasteiger partial charge in [0.05, 0.1) is 11.7 Å². The number of nitrogens with zero attached hydrogens (tertiary/aromatic N) is 1. The van der Waals surface area contributed by atoms with E-state index in [1.165, 1.54) is 4.90 Å². The van der Waals surface area contributed by atoms with Gasteiger partial charge >= 0.3 is 6.03 Å². The van der Waals surface area contributed by atoms with E-state index in [1.807, 2.05) is 56.3 Å². The molecule has 0 aliphatic carbocycles. The molecule has 33 heavy (non-hydrogen) atoms. The van der Waals surface area contributed by atoms with Gasteiger partial charge < -0.3 is 15.4 Å². The number of hydrogen-bond acceptors (Lipinski definition) is 3. The minimum Gasteiger partial charge on any atom is -0.466 e. The molecule has 3 atom stereocenters. The molecule has 0 radical (unpaired) electrons. The SMILES string of the molecule is Cc1ccc(NC(=O)[C@H]2[C@@H]3NC(=O)N(c4cccc(Cl)c4)[C@@]2(C)Oc2ccccc23)c(C)c1. The highest BCUT2D eigenvalue weighted by molar-refractivity contribution is 6.31. The van der Waals surface area contributed by atoms with Crippen LogP contribution in [0.5, 0.6) is 5.75 Å². The molecular weight excluding hydrogens is 438 g/mol. The van der Waals surface area contributed by atoms with Crippen LogP contribution in [0, 0.1) is 19.8 Å². The van der Waals surface area contributed by atoms with Crippen molar-refractivity contribution < 1.29 is 14.3 Å². The summed E-state index contributed by atoms with van der Waals surface area (Å²) in [6, 6.07) is 19.4. The van der Waals surface area contributed by atoms with Crippen molar-refractivity contribution in [2.45, 2.75) is 32.5 Å². The summed E-state index contributed by atoms with van der Waals surface area (Å²) >= 11 is 6.23. The van der Waals surface area contributed by atoms with Gasteiger partial charge in [-0.25, -0.2) is 4.79 Å². The van der Waals surface area contributed by atoms with E-state index in [2.05, 4.69) is 10.6 Å². The van der Waals surface area contributed by atoms with Gasteiger partial charge in [-0.2, -0.15) is 0 Å². The molecule has 5 rings (SSSR count). The molecule has 0 saturated carbocycles. The Balaban J connectivity index is 1.62. The molecule has 2 N–H and O–H groups in total. The van der Waals surface area contributed by atoms with Crippen LogP contribution in [0.3, 0.4) is 0 Å². The second-order valence-corrected chi connectivity index (χ2v) is 9.16.